The Morgan fingerprint density at radius 3 is 2.88 bits per heavy atom. The maximum Gasteiger partial charge on any atom is 0.194 e. The largest absolute Gasteiger partial charge is 0.231 e. The van der Waals surface area contributed by atoms with Crippen molar-refractivity contribution in [2.45, 2.75) is 17.1 Å². The predicted molar refractivity (Wildman–Crippen MR) is 65.6 cm³/mol. The van der Waals surface area contributed by atoms with Crippen LogP contribution in [0.15, 0.2) is 33.2 Å². The second-order valence-electron chi connectivity index (χ2n) is 2.87. The molecule has 0 saturated carbocycles. The summed E-state index contributed by atoms with van der Waals surface area (Å²) in [5, 5.41) is 1.71. The Morgan fingerprint density at radius 2 is 2.12 bits per heavy atom. The molecule has 0 aliphatic carbocycles. The van der Waals surface area contributed by atoms with Gasteiger partial charge in [0.1, 0.15) is 16.5 Å². The molecule has 2 rings (SSSR count). The average Bonchev–Trinajstić information content (AvgIpc) is 2.25. The summed E-state index contributed by atoms with van der Waals surface area (Å²) in [6.07, 6.45) is 3.12. The molecule has 0 spiro atoms. The summed E-state index contributed by atoms with van der Waals surface area (Å²) in [5.74, 6) is 0. The zero-order chi connectivity index (χ0) is 11.5. The molecule has 82 valence electrons. The van der Waals surface area contributed by atoms with Gasteiger partial charge in [0.15, 0.2) is 5.16 Å². The third-order valence-electron chi connectivity index (χ3n) is 1.68. The van der Waals surface area contributed by atoms with Gasteiger partial charge >= 0.3 is 0 Å². The Kier molecular flexibility index (Phi) is 3.73. The van der Waals surface area contributed by atoms with Crippen LogP contribution < -0.4 is 0 Å². The second kappa shape index (κ2) is 5.07. The minimum Gasteiger partial charge on any atom is -0.231 e. The predicted octanol–water partition coefficient (Wildman–Crippen LogP) is 3.14. The van der Waals surface area contributed by atoms with Gasteiger partial charge in [-0.1, -0.05) is 11.6 Å². The number of hydrogen-bond donors (Lipinski definition) is 0. The molecule has 0 saturated heterocycles. The normalized spacial score (nSPS) is 10.4. The van der Waals surface area contributed by atoms with Crippen LogP contribution in [-0.2, 0) is 0 Å². The van der Waals surface area contributed by atoms with Gasteiger partial charge in [0.2, 0.25) is 0 Å². The maximum atomic E-state index is 5.86. The molecule has 2 aromatic rings. The summed E-state index contributed by atoms with van der Waals surface area (Å²) in [6, 6.07) is 1.84. The molecule has 0 aliphatic heterocycles. The Bertz CT molecular complexity index is 523. The van der Waals surface area contributed by atoms with Gasteiger partial charge in [-0.25, -0.2) is 19.9 Å². The van der Waals surface area contributed by atoms with E-state index in [2.05, 4.69) is 35.9 Å². The van der Waals surface area contributed by atoms with Gasteiger partial charge in [-0.2, -0.15) is 0 Å². The Balaban J connectivity index is 2.31. The van der Waals surface area contributed by atoms with Gasteiger partial charge < -0.3 is 0 Å². The molecule has 2 aromatic heterocycles. The molecule has 16 heavy (non-hydrogen) atoms. The van der Waals surface area contributed by atoms with Crippen LogP contribution in [0.5, 0.6) is 0 Å². The SMILES string of the molecule is Cc1ccnc(Sc2ncnc(Cl)c2Br)n1. The van der Waals surface area contributed by atoms with Crippen molar-refractivity contribution in [3.8, 4) is 0 Å². The van der Waals surface area contributed by atoms with Crippen molar-refractivity contribution in [2.24, 2.45) is 0 Å². The summed E-state index contributed by atoms with van der Waals surface area (Å²) in [6.45, 7) is 1.91. The van der Waals surface area contributed by atoms with Crippen molar-refractivity contribution in [2.75, 3.05) is 0 Å². The van der Waals surface area contributed by atoms with Crippen LogP contribution in [-0.4, -0.2) is 19.9 Å². The van der Waals surface area contributed by atoms with Gasteiger partial charge in [-0.3, -0.25) is 0 Å². The standard InChI is InChI=1S/C9H6BrClN4S/c1-5-2-3-12-9(15-5)16-8-6(10)7(11)13-4-14-8/h2-4H,1H3. The third kappa shape index (κ3) is 2.69. The highest BCUT2D eigenvalue weighted by molar-refractivity contribution is 9.10. The van der Waals surface area contributed by atoms with E-state index in [1.807, 2.05) is 13.0 Å². The van der Waals surface area contributed by atoms with E-state index >= 15 is 0 Å². The molecular formula is C9H6BrClN4S. The molecule has 0 aliphatic rings. The van der Waals surface area contributed by atoms with Gasteiger partial charge in [0.25, 0.3) is 0 Å². The van der Waals surface area contributed by atoms with Crippen molar-refractivity contribution in [3.05, 3.63) is 33.9 Å². The van der Waals surface area contributed by atoms with E-state index in [4.69, 9.17) is 11.6 Å². The number of halogens is 2. The first-order chi connectivity index (χ1) is 7.66. The highest BCUT2D eigenvalue weighted by atomic mass is 79.9. The second-order valence-corrected chi connectivity index (χ2v) is 4.97. The van der Waals surface area contributed by atoms with Crippen LogP contribution >= 0.6 is 39.3 Å². The molecule has 7 heteroatoms. The zero-order valence-electron chi connectivity index (χ0n) is 8.19. The van der Waals surface area contributed by atoms with Crippen LogP contribution in [0.3, 0.4) is 0 Å². The van der Waals surface area contributed by atoms with E-state index in [-0.39, 0.29) is 0 Å². The molecule has 0 bridgehead atoms. The molecule has 0 atom stereocenters. The highest BCUT2D eigenvalue weighted by Gasteiger charge is 2.09. The number of rotatable bonds is 2. The molecule has 2 heterocycles. The lowest BCUT2D eigenvalue weighted by Gasteiger charge is -2.02. The minimum atomic E-state index is 0.380. The monoisotopic (exact) mass is 316 g/mol. The van der Waals surface area contributed by atoms with Crippen molar-refractivity contribution in [1.29, 1.82) is 0 Å². The van der Waals surface area contributed by atoms with Crippen LogP contribution in [0, 0.1) is 6.92 Å². The Hall–Kier alpha value is -0.720. The molecule has 0 radical (unpaired) electrons. The smallest absolute Gasteiger partial charge is 0.194 e. The average molecular weight is 318 g/mol. The number of nitrogens with zero attached hydrogens (tertiary/aromatic N) is 4. The van der Waals surface area contributed by atoms with Crippen molar-refractivity contribution >= 4 is 39.3 Å². The van der Waals surface area contributed by atoms with Gasteiger partial charge in [0, 0.05) is 11.9 Å². The highest BCUT2D eigenvalue weighted by Crippen LogP contribution is 2.32. The van der Waals surface area contributed by atoms with Crippen LogP contribution in [0.4, 0.5) is 0 Å². The maximum absolute atomic E-state index is 5.86. The minimum absolute atomic E-state index is 0.380. The number of aromatic nitrogens is 4. The summed E-state index contributed by atoms with van der Waals surface area (Å²) >= 11 is 10.5. The lowest BCUT2D eigenvalue weighted by atomic mass is 10.5. The van der Waals surface area contributed by atoms with Crippen LogP contribution in [0.2, 0.25) is 5.15 Å². The summed E-state index contributed by atoms with van der Waals surface area (Å²) < 4.78 is 0.659. The van der Waals surface area contributed by atoms with Crippen molar-refractivity contribution < 1.29 is 0 Å². The Morgan fingerprint density at radius 1 is 1.31 bits per heavy atom. The van der Waals surface area contributed by atoms with Crippen LogP contribution in [0.25, 0.3) is 0 Å². The number of hydrogen-bond acceptors (Lipinski definition) is 5. The first-order valence-electron chi connectivity index (χ1n) is 4.30. The lowest BCUT2D eigenvalue weighted by Crippen LogP contribution is -1.91. The summed E-state index contributed by atoms with van der Waals surface area (Å²) in [7, 11) is 0. The first kappa shape index (κ1) is 11.8. The number of aryl methyl sites for hydroxylation is 1. The topological polar surface area (TPSA) is 51.6 Å². The fourth-order valence-electron chi connectivity index (χ4n) is 0.966. The third-order valence-corrected chi connectivity index (χ3v) is 4.09. The first-order valence-corrected chi connectivity index (χ1v) is 6.29. The lowest BCUT2D eigenvalue weighted by molar-refractivity contribution is 0.923. The van der Waals surface area contributed by atoms with Gasteiger partial charge in [-0.05, 0) is 40.7 Å². The molecule has 0 amide bonds. The fourth-order valence-corrected chi connectivity index (χ4v) is 2.37. The Labute approximate surface area is 110 Å². The summed E-state index contributed by atoms with van der Waals surface area (Å²) in [5.41, 5.74) is 0.911. The van der Waals surface area contributed by atoms with Crippen molar-refractivity contribution in [3.63, 3.8) is 0 Å². The molecule has 0 unspecified atom stereocenters. The van der Waals surface area contributed by atoms with E-state index in [9.17, 15) is 0 Å². The van der Waals surface area contributed by atoms with E-state index in [0.717, 1.165) is 5.69 Å². The molecule has 0 fully saturated rings. The van der Waals surface area contributed by atoms with E-state index in [1.54, 1.807) is 6.20 Å². The van der Waals surface area contributed by atoms with Gasteiger partial charge in [0.05, 0.1) is 4.47 Å². The zero-order valence-corrected chi connectivity index (χ0v) is 11.3. The molecule has 0 aromatic carbocycles. The fraction of sp³-hybridized carbons (Fsp3) is 0.111. The van der Waals surface area contributed by atoms with E-state index < -0.39 is 0 Å². The van der Waals surface area contributed by atoms with Crippen LogP contribution in [0.1, 0.15) is 5.69 Å². The quantitative estimate of drug-likeness (QED) is 0.629. The van der Waals surface area contributed by atoms with E-state index in [1.165, 1.54) is 18.1 Å². The van der Waals surface area contributed by atoms with Crippen molar-refractivity contribution in [1.82, 2.24) is 19.9 Å². The van der Waals surface area contributed by atoms with E-state index in [0.29, 0.717) is 19.8 Å². The van der Waals surface area contributed by atoms with Gasteiger partial charge in [-0.15, -0.1) is 0 Å². The molecule has 4 nitrogen and oxygen atoms in total. The summed E-state index contributed by atoms with van der Waals surface area (Å²) in [4.78, 5) is 16.4. The molecule has 0 N–H and O–H groups in total. The molecular weight excluding hydrogens is 312 g/mol.